The fourth-order valence-corrected chi connectivity index (χ4v) is 8.49. The molecule has 0 radical (unpaired) electrons. The number of nitrogens with one attached hydrogen (secondary N) is 2. The average Bonchev–Trinajstić information content (AvgIpc) is 3.06. The molecule has 1 fully saturated rings. The third-order valence-corrected chi connectivity index (χ3v) is 12.1. The van der Waals surface area contributed by atoms with E-state index in [1.807, 2.05) is 36.4 Å². The summed E-state index contributed by atoms with van der Waals surface area (Å²) in [5.41, 5.74) is 7.80. The Kier molecular flexibility index (Phi) is 11.9. The van der Waals surface area contributed by atoms with Gasteiger partial charge in [0, 0.05) is 17.9 Å². The fourth-order valence-electron chi connectivity index (χ4n) is 6.73. The molecule has 2 amide bonds. The first-order valence-electron chi connectivity index (χ1n) is 16.5. The summed E-state index contributed by atoms with van der Waals surface area (Å²) in [6, 6.07) is 24.7. The van der Waals surface area contributed by atoms with Gasteiger partial charge in [0.1, 0.15) is 0 Å². The van der Waals surface area contributed by atoms with Gasteiger partial charge in [0.2, 0.25) is 0 Å². The molecule has 0 heterocycles. The number of carbonyl (C=O) groups excluding carboxylic acids is 2. The van der Waals surface area contributed by atoms with Crippen molar-refractivity contribution in [2.45, 2.75) is 71.1 Å². The summed E-state index contributed by atoms with van der Waals surface area (Å²) in [4.78, 5) is 28.9. The van der Waals surface area contributed by atoms with Crippen molar-refractivity contribution >= 4 is 35.7 Å². The summed E-state index contributed by atoms with van der Waals surface area (Å²) in [5, 5.41) is 6.11. The third-order valence-electron chi connectivity index (χ3n) is 9.70. The number of hydrogen-bond donors (Lipinski definition) is 3. The second kappa shape index (κ2) is 15.8. The van der Waals surface area contributed by atoms with E-state index in [2.05, 4.69) is 97.5 Å². The van der Waals surface area contributed by atoms with Crippen LogP contribution < -0.4 is 31.8 Å². The monoisotopic (exact) mass is 747 g/mol. The van der Waals surface area contributed by atoms with Crippen molar-refractivity contribution in [2.75, 3.05) is 22.5 Å². The molecule has 46 heavy (non-hydrogen) atoms. The fraction of sp³-hybridized carbons (Fsp3) is 0.400. The van der Waals surface area contributed by atoms with Crippen molar-refractivity contribution in [1.82, 2.24) is 5.32 Å². The van der Waals surface area contributed by atoms with Crippen LogP contribution in [0.15, 0.2) is 88.5 Å². The maximum absolute atomic E-state index is 14.1. The van der Waals surface area contributed by atoms with Crippen molar-refractivity contribution in [1.29, 1.82) is 0 Å². The van der Waals surface area contributed by atoms with Gasteiger partial charge < -0.3 is 5.32 Å². The second-order valence-corrected chi connectivity index (χ2v) is 16.5. The standard InChI is InChI=1S/C40H48IN2O2S/c1-27-24-34(41-4)14-17-36(27)30-12-15-35(16-13-30)43-39(45)37(25-28-8-10-31(11-9-28)38(44)42-22-23-46)33-7-5-6-32(26-33)29-18-20-40(2,3)21-19-29/h5-17,26-27,29,37,46H,18-25H2,1-4H3,(H,42,44)(H,43,45)/q-1/t27?,37-/m1/s1. The molecule has 0 aliphatic heterocycles. The molecular formula is C40H48IN2O2S-. The zero-order valence-corrected chi connectivity index (χ0v) is 30.7. The van der Waals surface area contributed by atoms with Crippen LogP contribution in [0.5, 0.6) is 0 Å². The molecular weight excluding hydrogens is 699 g/mol. The van der Waals surface area contributed by atoms with Crippen LogP contribution in [0.4, 0.5) is 5.69 Å². The Labute approximate surface area is 291 Å². The molecule has 2 aliphatic rings. The van der Waals surface area contributed by atoms with E-state index < -0.39 is 0 Å². The summed E-state index contributed by atoms with van der Waals surface area (Å²) in [6.07, 6.45) is 11.1. The Balaban J connectivity index is 1.37. The second-order valence-electron chi connectivity index (χ2n) is 13.6. The van der Waals surface area contributed by atoms with Crippen molar-refractivity contribution in [3.63, 3.8) is 0 Å². The van der Waals surface area contributed by atoms with Gasteiger partial charge in [-0.1, -0.05) is 50.2 Å². The van der Waals surface area contributed by atoms with Crippen LogP contribution in [-0.4, -0.2) is 29.0 Å². The predicted octanol–water partition coefficient (Wildman–Crippen LogP) is 6.02. The number of alkyl halides is 1. The van der Waals surface area contributed by atoms with Gasteiger partial charge in [-0.3, -0.25) is 4.79 Å². The van der Waals surface area contributed by atoms with Crippen LogP contribution in [0.2, 0.25) is 0 Å². The predicted molar refractivity (Wildman–Crippen MR) is 191 cm³/mol. The van der Waals surface area contributed by atoms with E-state index in [9.17, 15) is 9.59 Å². The first-order valence-corrected chi connectivity index (χ1v) is 20.4. The molecule has 1 unspecified atom stereocenters. The van der Waals surface area contributed by atoms with E-state index in [0.29, 0.717) is 41.5 Å². The summed E-state index contributed by atoms with van der Waals surface area (Å²) in [5.74, 6) is 1.13. The normalized spacial score (nSPS) is 18.8. The zero-order valence-electron chi connectivity index (χ0n) is 27.6. The molecule has 3 aromatic rings. The number of rotatable bonds is 11. The van der Waals surface area contributed by atoms with E-state index in [-0.39, 0.29) is 38.9 Å². The van der Waals surface area contributed by atoms with Gasteiger partial charge in [0.05, 0.1) is 0 Å². The molecule has 2 atom stereocenters. The van der Waals surface area contributed by atoms with Crippen molar-refractivity contribution in [3.8, 4) is 0 Å². The third kappa shape index (κ3) is 8.94. The van der Waals surface area contributed by atoms with Crippen molar-refractivity contribution in [3.05, 3.63) is 116 Å². The molecule has 0 aromatic heterocycles. The maximum atomic E-state index is 14.1. The quantitative estimate of drug-likeness (QED) is 0.128. The summed E-state index contributed by atoms with van der Waals surface area (Å²) in [6.45, 7) is 7.57. The number of hydrogen-bond acceptors (Lipinski definition) is 3. The molecule has 0 saturated heterocycles. The van der Waals surface area contributed by atoms with Crippen LogP contribution in [0.1, 0.15) is 97.3 Å². The Bertz CT molecular complexity index is 1570. The molecule has 0 bridgehead atoms. The molecule has 1 saturated carbocycles. The van der Waals surface area contributed by atoms with Crippen molar-refractivity contribution in [2.24, 2.45) is 11.3 Å². The number of benzene rings is 3. The average molecular weight is 748 g/mol. The summed E-state index contributed by atoms with van der Waals surface area (Å²) in [7, 11) is 0. The molecule has 5 rings (SSSR count). The summed E-state index contributed by atoms with van der Waals surface area (Å²) >= 11 is 4.32. The molecule has 2 aliphatic carbocycles. The van der Waals surface area contributed by atoms with E-state index >= 15 is 0 Å². The number of halogens is 1. The number of amides is 2. The molecule has 6 heteroatoms. The molecule has 244 valence electrons. The van der Waals surface area contributed by atoms with E-state index in [0.717, 1.165) is 23.2 Å². The zero-order chi connectivity index (χ0) is 32.7. The van der Waals surface area contributed by atoms with Crippen LogP contribution >= 0.6 is 12.6 Å². The van der Waals surface area contributed by atoms with Crippen molar-refractivity contribution < 1.29 is 30.8 Å². The number of allylic oxidation sites excluding steroid dienone is 4. The first-order chi connectivity index (χ1) is 22.2. The van der Waals surface area contributed by atoms with Crippen LogP contribution in [0.25, 0.3) is 5.57 Å². The van der Waals surface area contributed by atoms with Gasteiger partial charge in [0.25, 0.3) is 5.91 Å². The Hall–Kier alpha value is -2.84. The molecule has 0 spiro atoms. The van der Waals surface area contributed by atoms with Crippen LogP contribution in [-0.2, 0) is 11.2 Å². The topological polar surface area (TPSA) is 58.2 Å². The summed E-state index contributed by atoms with van der Waals surface area (Å²) < 4.78 is 1.60. The van der Waals surface area contributed by atoms with Gasteiger partial charge in [-0.2, -0.15) is 12.6 Å². The number of thiol groups is 1. The van der Waals surface area contributed by atoms with Gasteiger partial charge in [-0.15, -0.1) is 0 Å². The van der Waals surface area contributed by atoms with Gasteiger partial charge in [-0.05, 0) is 60.3 Å². The molecule has 2 N–H and O–H groups in total. The van der Waals surface area contributed by atoms with E-state index in [4.69, 9.17) is 0 Å². The Morgan fingerprint density at radius 3 is 2.35 bits per heavy atom. The van der Waals surface area contributed by atoms with E-state index in [1.54, 1.807) is 3.58 Å². The molecule has 3 aromatic carbocycles. The van der Waals surface area contributed by atoms with Gasteiger partial charge in [-0.25, -0.2) is 0 Å². The van der Waals surface area contributed by atoms with E-state index in [1.165, 1.54) is 42.4 Å². The minimum atomic E-state index is -0.370. The molecule has 4 nitrogen and oxygen atoms in total. The first kappa shape index (κ1) is 34.5. The minimum absolute atomic E-state index is 0.0185. The Morgan fingerprint density at radius 1 is 0.978 bits per heavy atom. The number of anilines is 1. The Morgan fingerprint density at radius 2 is 1.70 bits per heavy atom. The SMILES string of the molecule is C[I-]C1=CC=C(c2ccc(NC(=O)[C@H](Cc3ccc(C(=O)NCCS)cc3)c3cccc(C4CCC(C)(C)CC4)c3)cc2)C(C)C1. The van der Waals surface area contributed by atoms with Crippen LogP contribution in [0, 0.1) is 11.3 Å². The van der Waals surface area contributed by atoms with Gasteiger partial charge >= 0.3 is 136 Å². The van der Waals surface area contributed by atoms with Gasteiger partial charge in [0.15, 0.2) is 0 Å². The number of carbonyl (C=O) groups is 2. The van der Waals surface area contributed by atoms with Crippen LogP contribution in [0.3, 0.4) is 0 Å².